The van der Waals surface area contributed by atoms with E-state index < -0.39 is 11.8 Å². The standard InChI is InChI=1S/C25H23Br2N3O4/c1-3-33-22-13-17(12-21(27)23(22)34-15-18-7-5-4-6-16(18)2)14-28-30-25(32)24(31)29-20-10-8-19(26)9-11-20/h4-14H,3,15H2,1-2H3,(H,29,31)(H,30,32). The number of nitrogens with zero attached hydrogens (tertiary/aromatic N) is 1. The molecule has 0 radical (unpaired) electrons. The van der Waals surface area contributed by atoms with Gasteiger partial charge in [0.25, 0.3) is 0 Å². The molecule has 3 rings (SSSR count). The lowest BCUT2D eigenvalue weighted by atomic mass is 10.1. The van der Waals surface area contributed by atoms with E-state index in [1.165, 1.54) is 6.21 Å². The summed E-state index contributed by atoms with van der Waals surface area (Å²) < 4.78 is 13.3. The van der Waals surface area contributed by atoms with Crippen LogP contribution in [0.5, 0.6) is 11.5 Å². The molecule has 0 aromatic heterocycles. The van der Waals surface area contributed by atoms with Gasteiger partial charge in [-0.15, -0.1) is 0 Å². The number of nitrogens with one attached hydrogen (secondary N) is 2. The van der Waals surface area contributed by atoms with Gasteiger partial charge in [0, 0.05) is 10.2 Å². The van der Waals surface area contributed by atoms with E-state index in [4.69, 9.17) is 9.47 Å². The first-order valence-corrected chi connectivity index (χ1v) is 12.0. The van der Waals surface area contributed by atoms with Gasteiger partial charge in [-0.05, 0) is 82.9 Å². The summed E-state index contributed by atoms with van der Waals surface area (Å²) in [6, 6.07) is 18.4. The molecule has 0 bridgehead atoms. The highest BCUT2D eigenvalue weighted by Gasteiger charge is 2.14. The predicted octanol–water partition coefficient (Wildman–Crippen LogP) is 5.59. The molecule has 0 aliphatic carbocycles. The molecular formula is C25H23Br2N3O4. The van der Waals surface area contributed by atoms with Crippen LogP contribution in [0.2, 0.25) is 0 Å². The van der Waals surface area contributed by atoms with E-state index in [2.05, 4.69) is 47.7 Å². The number of hydrogen-bond acceptors (Lipinski definition) is 5. The summed E-state index contributed by atoms with van der Waals surface area (Å²) in [6.07, 6.45) is 1.42. The minimum Gasteiger partial charge on any atom is -0.490 e. The second-order valence-corrected chi connectivity index (χ2v) is 8.91. The molecule has 0 heterocycles. The van der Waals surface area contributed by atoms with Crippen molar-refractivity contribution >= 4 is 55.6 Å². The van der Waals surface area contributed by atoms with Crippen molar-refractivity contribution in [1.82, 2.24) is 5.43 Å². The van der Waals surface area contributed by atoms with Crippen LogP contribution in [0.15, 0.2) is 74.7 Å². The summed E-state index contributed by atoms with van der Waals surface area (Å²) in [5, 5.41) is 6.39. The second kappa shape index (κ2) is 12.3. The van der Waals surface area contributed by atoms with Gasteiger partial charge in [0.05, 0.1) is 17.3 Å². The Morgan fingerprint density at radius 2 is 1.74 bits per heavy atom. The van der Waals surface area contributed by atoms with Gasteiger partial charge in [0.15, 0.2) is 11.5 Å². The minimum absolute atomic E-state index is 0.391. The van der Waals surface area contributed by atoms with Crippen molar-refractivity contribution in [3.63, 3.8) is 0 Å². The average Bonchev–Trinajstić information content (AvgIpc) is 2.81. The van der Waals surface area contributed by atoms with E-state index in [0.29, 0.717) is 40.4 Å². The number of carbonyl (C=O) groups excluding carboxylic acids is 2. The van der Waals surface area contributed by atoms with Crippen LogP contribution in [-0.2, 0) is 16.2 Å². The van der Waals surface area contributed by atoms with Gasteiger partial charge in [-0.2, -0.15) is 5.10 Å². The smallest absolute Gasteiger partial charge is 0.329 e. The molecule has 7 nitrogen and oxygen atoms in total. The number of hydrazone groups is 1. The third-order valence-corrected chi connectivity index (χ3v) is 5.77. The molecule has 176 valence electrons. The molecule has 3 aromatic rings. The number of amides is 2. The number of hydrogen-bond donors (Lipinski definition) is 2. The molecule has 3 aromatic carbocycles. The van der Waals surface area contributed by atoms with Crippen molar-refractivity contribution in [2.24, 2.45) is 5.10 Å². The topological polar surface area (TPSA) is 89.0 Å². The van der Waals surface area contributed by atoms with Gasteiger partial charge in [-0.3, -0.25) is 9.59 Å². The largest absolute Gasteiger partial charge is 0.490 e. The molecule has 2 amide bonds. The summed E-state index contributed by atoms with van der Waals surface area (Å²) in [5.74, 6) is -0.608. The molecule has 0 aliphatic heterocycles. The number of aryl methyl sites for hydroxylation is 1. The number of anilines is 1. The first kappa shape index (κ1) is 25.5. The average molecular weight is 589 g/mol. The normalized spacial score (nSPS) is 10.7. The van der Waals surface area contributed by atoms with Crippen LogP contribution in [0.25, 0.3) is 0 Å². The maximum Gasteiger partial charge on any atom is 0.329 e. The van der Waals surface area contributed by atoms with Crippen molar-refractivity contribution < 1.29 is 19.1 Å². The SMILES string of the molecule is CCOc1cc(C=NNC(=O)C(=O)Nc2ccc(Br)cc2)cc(Br)c1OCc1ccccc1C. The van der Waals surface area contributed by atoms with Crippen molar-refractivity contribution in [3.05, 3.63) is 86.3 Å². The molecule has 34 heavy (non-hydrogen) atoms. The minimum atomic E-state index is -0.888. The highest BCUT2D eigenvalue weighted by atomic mass is 79.9. The fraction of sp³-hybridized carbons (Fsp3) is 0.160. The molecule has 2 N–H and O–H groups in total. The van der Waals surface area contributed by atoms with E-state index in [1.54, 1.807) is 36.4 Å². The number of carbonyl (C=O) groups is 2. The zero-order valence-corrected chi connectivity index (χ0v) is 21.8. The summed E-state index contributed by atoms with van der Waals surface area (Å²) in [5.41, 5.74) is 5.58. The molecule has 0 atom stereocenters. The number of benzene rings is 3. The summed E-state index contributed by atoms with van der Waals surface area (Å²) >= 11 is 6.84. The van der Waals surface area contributed by atoms with E-state index in [1.807, 2.05) is 38.1 Å². The van der Waals surface area contributed by atoms with Crippen molar-refractivity contribution in [3.8, 4) is 11.5 Å². The summed E-state index contributed by atoms with van der Waals surface area (Å²) in [4.78, 5) is 24.1. The molecular weight excluding hydrogens is 566 g/mol. The van der Waals surface area contributed by atoms with Gasteiger partial charge >= 0.3 is 11.8 Å². The van der Waals surface area contributed by atoms with E-state index in [0.717, 1.165) is 15.6 Å². The summed E-state index contributed by atoms with van der Waals surface area (Å²) in [7, 11) is 0. The Bertz CT molecular complexity index is 1200. The van der Waals surface area contributed by atoms with Gasteiger partial charge < -0.3 is 14.8 Å². The number of halogens is 2. The molecule has 0 aliphatic rings. The van der Waals surface area contributed by atoms with E-state index in [-0.39, 0.29) is 0 Å². The third-order valence-electron chi connectivity index (χ3n) is 4.65. The molecule has 0 spiro atoms. The highest BCUT2D eigenvalue weighted by Crippen LogP contribution is 2.37. The Hall–Kier alpha value is -3.17. The number of rotatable bonds is 8. The molecule has 9 heteroatoms. The first-order valence-electron chi connectivity index (χ1n) is 10.4. The fourth-order valence-corrected chi connectivity index (χ4v) is 3.76. The monoisotopic (exact) mass is 587 g/mol. The molecule has 0 unspecified atom stereocenters. The van der Waals surface area contributed by atoms with Crippen LogP contribution in [0.3, 0.4) is 0 Å². The van der Waals surface area contributed by atoms with Crippen LogP contribution in [0.1, 0.15) is 23.6 Å². The van der Waals surface area contributed by atoms with Crippen molar-refractivity contribution in [2.75, 3.05) is 11.9 Å². The Morgan fingerprint density at radius 3 is 2.44 bits per heavy atom. The predicted molar refractivity (Wildman–Crippen MR) is 139 cm³/mol. The van der Waals surface area contributed by atoms with Gasteiger partial charge in [-0.1, -0.05) is 40.2 Å². The van der Waals surface area contributed by atoms with Gasteiger partial charge in [-0.25, -0.2) is 5.43 Å². The van der Waals surface area contributed by atoms with E-state index >= 15 is 0 Å². The van der Waals surface area contributed by atoms with Gasteiger partial charge in [0.2, 0.25) is 0 Å². The quantitative estimate of drug-likeness (QED) is 0.204. The molecule has 0 fully saturated rings. The van der Waals surface area contributed by atoms with Crippen LogP contribution in [-0.4, -0.2) is 24.6 Å². The second-order valence-electron chi connectivity index (χ2n) is 7.14. The third kappa shape index (κ3) is 7.16. The van der Waals surface area contributed by atoms with Crippen LogP contribution < -0.4 is 20.2 Å². The number of ether oxygens (including phenoxy) is 2. The lowest BCUT2D eigenvalue weighted by Gasteiger charge is -2.15. The van der Waals surface area contributed by atoms with Crippen LogP contribution >= 0.6 is 31.9 Å². The van der Waals surface area contributed by atoms with Crippen LogP contribution in [0.4, 0.5) is 5.69 Å². The maximum atomic E-state index is 12.0. The van der Waals surface area contributed by atoms with Crippen molar-refractivity contribution in [1.29, 1.82) is 0 Å². The Kier molecular flexibility index (Phi) is 9.24. The Labute approximate surface area is 214 Å². The maximum absolute atomic E-state index is 12.0. The zero-order valence-electron chi connectivity index (χ0n) is 18.6. The first-order chi connectivity index (χ1) is 16.4. The highest BCUT2D eigenvalue weighted by molar-refractivity contribution is 9.10. The Balaban J connectivity index is 1.65. The zero-order chi connectivity index (χ0) is 24.5. The summed E-state index contributed by atoms with van der Waals surface area (Å²) in [6.45, 7) is 4.75. The lowest BCUT2D eigenvalue weighted by Crippen LogP contribution is -2.32. The fourth-order valence-electron chi connectivity index (χ4n) is 2.92. The van der Waals surface area contributed by atoms with Crippen molar-refractivity contribution in [2.45, 2.75) is 20.5 Å². The van der Waals surface area contributed by atoms with E-state index in [9.17, 15) is 9.59 Å². The Morgan fingerprint density at radius 1 is 1.00 bits per heavy atom. The van der Waals surface area contributed by atoms with Crippen LogP contribution in [0, 0.1) is 6.92 Å². The van der Waals surface area contributed by atoms with Gasteiger partial charge in [0.1, 0.15) is 6.61 Å². The molecule has 0 saturated heterocycles. The molecule has 0 saturated carbocycles. The lowest BCUT2D eigenvalue weighted by molar-refractivity contribution is -0.136.